The van der Waals surface area contributed by atoms with E-state index < -0.39 is 11.0 Å². The third-order valence-electron chi connectivity index (χ3n) is 0.406. The largest absolute Gasteiger partial charge is 0.242 e. The van der Waals surface area contributed by atoms with E-state index in [-0.39, 0.29) is 0 Å². The maximum atomic E-state index is 10.2. The van der Waals surface area contributed by atoms with Crippen LogP contribution in [-0.2, 0) is 11.0 Å². The highest BCUT2D eigenvalue weighted by atomic mass is 32.2. The summed E-state index contributed by atoms with van der Waals surface area (Å²) < 4.78 is 10.2. The third kappa shape index (κ3) is 5.63. The Morgan fingerprint density at radius 2 is 2.50 bits per heavy atom. The van der Waals surface area contributed by atoms with Crippen molar-refractivity contribution < 1.29 is 4.21 Å². The first-order valence-electron chi connectivity index (χ1n) is 2.02. The second kappa shape index (κ2) is 4.78. The highest BCUT2D eigenvalue weighted by Gasteiger charge is 1.81. The maximum Gasteiger partial charge on any atom is 0.102 e. The lowest BCUT2D eigenvalue weighted by atomic mass is 10.7. The van der Waals surface area contributed by atoms with Crippen LogP contribution in [0.25, 0.3) is 0 Å². The lowest BCUT2D eigenvalue weighted by molar-refractivity contribution is 0.656. The third-order valence-corrected chi connectivity index (χ3v) is 0.838. The van der Waals surface area contributed by atoms with Crippen LogP contribution in [0.5, 0.6) is 0 Å². The number of nitrogens with one attached hydrogen (secondary N) is 2. The molecule has 4 heteroatoms. The predicted molar refractivity (Wildman–Crippen MR) is 34.0 cm³/mol. The van der Waals surface area contributed by atoms with Crippen LogP contribution in [0, 0.1) is 12.3 Å². The van der Waals surface area contributed by atoms with Gasteiger partial charge >= 0.3 is 0 Å². The Hall–Kier alpha value is -0.370. The highest BCUT2D eigenvalue weighted by Crippen LogP contribution is 1.54. The van der Waals surface area contributed by atoms with Crippen molar-refractivity contribution in [2.75, 3.05) is 12.8 Å². The van der Waals surface area contributed by atoms with Gasteiger partial charge in [-0.3, -0.25) is 0 Å². The summed E-state index contributed by atoms with van der Waals surface area (Å²) in [7, 11) is -1.02. The van der Waals surface area contributed by atoms with Crippen molar-refractivity contribution in [3.63, 3.8) is 0 Å². The number of hydrazine groups is 1. The quantitative estimate of drug-likeness (QED) is 0.294. The van der Waals surface area contributed by atoms with Crippen molar-refractivity contribution in [3.05, 3.63) is 0 Å². The molecule has 1 unspecified atom stereocenters. The second-order valence-corrected chi connectivity index (χ2v) is 2.23. The first-order valence-corrected chi connectivity index (χ1v) is 3.58. The molecule has 0 radical (unpaired) electrons. The van der Waals surface area contributed by atoms with Crippen molar-refractivity contribution in [1.82, 2.24) is 10.3 Å². The summed E-state index contributed by atoms with van der Waals surface area (Å²) in [4.78, 5) is 2.43. The minimum Gasteiger partial charge on any atom is -0.242 e. The summed E-state index contributed by atoms with van der Waals surface area (Å²) in [5.41, 5.74) is 2.55. The molecule has 0 amide bonds. The molecule has 8 heavy (non-hydrogen) atoms. The molecule has 46 valence electrons. The molecule has 0 aromatic rings. The Bertz CT molecular complexity index is 118. The van der Waals surface area contributed by atoms with Gasteiger partial charge in [0.1, 0.15) is 11.0 Å². The Morgan fingerprint density at radius 1 is 1.88 bits per heavy atom. The molecule has 1 atom stereocenters. The van der Waals surface area contributed by atoms with Crippen molar-refractivity contribution in [2.45, 2.75) is 0 Å². The van der Waals surface area contributed by atoms with Gasteiger partial charge < -0.3 is 0 Å². The van der Waals surface area contributed by atoms with Crippen molar-refractivity contribution >= 4 is 11.0 Å². The first kappa shape index (κ1) is 7.63. The van der Waals surface area contributed by atoms with Gasteiger partial charge in [0.15, 0.2) is 0 Å². The zero-order chi connectivity index (χ0) is 6.41. The Morgan fingerprint density at radius 3 is 2.88 bits per heavy atom. The lowest BCUT2D eigenvalue weighted by Crippen LogP contribution is -2.32. The molecular formula is C4H8N2OS. The zero-order valence-corrected chi connectivity index (χ0v) is 5.42. The molecule has 0 aromatic heterocycles. The molecule has 0 aliphatic carbocycles. The van der Waals surface area contributed by atoms with Crippen LogP contribution < -0.4 is 10.3 Å². The van der Waals surface area contributed by atoms with Gasteiger partial charge in [-0.15, -0.1) is 6.42 Å². The molecule has 0 saturated heterocycles. The molecular weight excluding hydrogens is 124 g/mol. The molecule has 0 spiro atoms. The van der Waals surface area contributed by atoms with Gasteiger partial charge in [-0.05, 0) is 0 Å². The summed E-state index contributed by atoms with van der Waals surface area (Å²) in [6.45, 7) is 0.388. The highest BCUT2D eigenvalue weighted by molar-refractivity contribution is 7.82. The normalized spacial score (nSPS) is 12.5. The molecule has 0 bridgehead atoms. The fourth-order valence-corrected chi connectivity index (χ4v) is 0.464. The van der Waals surface area contributed by atoms with Crippen LogP contribution in [0.3, 0.4) is 0 Å². The van der Waals surface area contributed by atoms with Crippen LogP contribution in [-0.4, -0.2) is 17.0 Å². The maximum absolute atomic E-state index is 10.2. The average Bonchev–Trinajstić information content (AvgIpc) is 1.66. The van der Waals surface area contributed by atoms with Crippen LogP contribution in [0.1, 0.15) is 0 Å². The van der Waals surface area contributed by atoms with Crippen LogP contribution >= 0.6 is 0 Å². The van der Waals surface area contributed by atoms with E-state index in [1.165, 1.54) is 6.26 Å². The second-order valence-electron chi connectivity index (χ2n) is 1.11. The Labute approximate surface area is 51.4 Å². The molecule has 0 fully saturated rings. The number of hydrogen-bond acceptors (Lipinski definition) is 2. The zero-order valence-electron chi connectivity index (χ0n) is 4.60. The molecule has 3 nitrogen and oxygen atoms in total. The summed E-state index contributed by atoms with van der Waals surface area (Å²) >= 11 is 0. The molecule has 2 N–H and O–H groups in total. The van der Waals surface area contributed by atoms with Crippen LogP contribution in [0.4, 0.5) is 0 Å². The van der Waals surface area contributed by atoms with Gasteiger partial charge in [-0.1, -0.05) is 5.92 Å². The minimum atomic E-state index is -1.02. The van der Waals surface area contributed by atoms with Crippen molar-refractivity contribution in [1.29, 1.82) is 0 Å². The van der Waals surface area contributed by atoms with Gasteiger partial charge in [0, 0.05) is 6.26 Å². The van der Waals surface area contributed by atoms with E-state index in [9.17, 15) is 4.21 Å². The number of rotatable bonds is 3. The minimum absolute atomic E-state index is 0.388. The van der Waals surface area contributed by atoms with E-state index in [0.717, 1.165) is 0 Å². The van der Waals surface area contributed by atoms with Gasteiger partial charge in [0.05, 0.1) is 6.54 Å². The van der Waals surface area contributed by atoms with Crippen molar-refractivity contribution in [3.8, 4) is 12.3 Å². The van der Waals surface area contributed by atoms with Gasteiger partial charge in [0.2, 0.25) is 0 Å². The Balaban J connectivity index is 2.97. The number of hydrogen-bond donors (Lipinski definition) is 2. The fraction of sp³-hybridized carbons (Fsp3) is 0.500. The van der Waals surface area contributed by atoms with Crippen LogP contribution in [0.2, 0.25) is 0 Å². The lowest BCUT2D eigenvalue weighted by Gasteiger charge is -1.95. The molecule has 0 aromatic carbocycles. The van der Waals surface area contributed by atoms with E-state index in [2.05, 4.69) is 16.2 Å². The monoisotopic (exact) mass is 132 g/mol. The predicted octanol–water partition coefficient (Wildman–Crippen LogP) is -0.993. The summed E-state index contributed by atoms with van der Waals surface area (Å²) in [6.07, 6.45) is 6.38. The molecule has 0 aliphatic heterocycles. The Kier molecular flexibility index (Phi) is 4.56. The average molecular weight is 132 g/mol. The standard InChI is InChI=1S/C4H8N2OS/c1-3-4-5-6-8(2)7/h1,5-6H,4H2,2H3. The van der Waals surface area contributed by atoms with E-state index in [4.69, 9.17) is 6.42 Å². The molecule has 0 heterocycles. The number of terminal acetylenes is 1. The van der Waals surface area contributed by atoms with Gasteiger partial charge in [-0.25, -0.2) is 9.63 Å². The van der Waals surface area contributed by atoms with E-state index in [1.54, 1.807) is 0 Å². The van der Waals surface area contributed by atoms with Gasteiger partial charge in [-0.2, -0.15) is 4.83 Å². The van der Waals surface area contributed by atoms with E-state index in [0.29, 0.717) is 6.54 Å². The molecule has 0 saturated carbocycles. The smallest absolute Gasteiger partial charge is 0.102 e. The summed E-state index contributed by atoms with van der Waals surface area (Å²) in [5.74, 6) is 2.32. The first-order chi connectivity index (χ1) is 3.77. The van der Waals surface area contributed by atoms with Gasteiger partial charge in [0.25, 0.3) is 0 Å². The SMILES string of the molecule is C#CCNNS(C)=O. The molecule has 0 rings (SSSR count). The topological polar surface area (TPSA) is 41.1 Å². The summed E-state index contributed by atoms with van der Waals surface area (Å²) in [5, 5.41) is 0. The van der Waals surface area contributed by atoms with E-state index in [1.807, 2.05) is 0 Å². The fourth-order valence-electron chi connectivity index (χ4n) is 0.189. The van der Waals surface area contributed by atoms with Crippen molar-refractivity contribution in [2.24, 2.45) is 0 Å². The summed E-state index contributed by atoms with van der Waals surface area (Å²) in [6, 6.07) is 0. The molecule has 0 aliphatic rings. The van der Waals surface area contributed by atoms with E-state index >= 15 is 0 Å². The van der Waals surface area contributed by atoms with Crippen LogP contribution in [0.15, 0.2) is 0 Å².